The molecule has 130 valence electrons. The zero-order valence-corrected chi connectivity index (χ0v) is 16.7. The van der Waals surface area contributed by atoms with Gasteiger partial charge in [0.2, 0.25) is 5.90 Å². The zero-order chi connectivity index (χ0) is 18.5. The fourth-order valence-electron chi connectivity index (χ4n) is 2.49. The summed E-state index contributed by atoms with van der Waals surface area (Å²) in [5.41, 5.74) is 1.99. The van der Waals surface area contributed by atoms with Gasteiger partial charge in [-0.3, -0.25) is 4.79 Å². The van der Waals surface area contributed by atoms with Crippen molar-refractivity contribution in [1.82, 2.24) is 0 Å². The summed E-state index contributed by atoms with van der Waals surface area (Å²) in [6, 6.07) is 16.7. The first-order valence-electron chi connectivity index (χ1n) is 7.79. The lowest BCUT2D eigenvalue weighted by Crippen LogP contribution is -2.33. The highest BCUT2D eigenvalue weighted by Gasteiger charge is 2.28. The lowest BCUT2D eigenvalue weighted by molar-refractivity contribution is 0.0936. The van der Waals surface area contributed by atoms with Gasteiger partial charge >= 0.3 is 0 Å². The van der Waals surface area contributed by atoms with Crippen LogP contribution in [0.4, 0.5) is 0 Å². The number of hydrogen-bond acceptors (Lipinski definition) is 5. The molecule has 0 saturated carbocycles. The van der Waals surface area contributed by atoms with Gasteiger partial charge in [-0.05, 0) is 24.3 Å². The van der Waals surface area contributed by atoms with Gasteiger partial charge in [-0.1, -0.05) is 56.1 Å². The maximum atomic E-state index is 12.7. The van der Waals surface area contributed by atoms with Crippen molar-refractivity contribution in [3.05, 3.63) is 68.6 Å². The van der Waals surface area contributed by atoms with Crippen LogP contribution in [0.3, 0.4) is 0 Å². The van der Waals surface area contributed by atoms with Crippen LogP contribution >= 0.6 is 31.9 Å². The molecule has 0 N–H and O–H groups in total. The van der Waals surface area contributed by atoms with E-state index >= 15 is 0 Å². The summed E-state index contributed by atoms with van der Waals surface area (Å²) in [5, 5.41) is 17.1. The van der Waals surface area contributed by atoms with Crippen LogP contribution in [0, 0.1) is 11.3 Å². The van der Waals surface area contributed by atoms with Gasteiger partial charge in [0.05, 0.1) is 12.5 Å². The Kier molecular flexibility index (Phi) is 5.96. The van der Waals surface area contributed by atoms with Gasteiger partial charge in [0.25, 0.3) is 0 Å². The summed E-state index contributed by atoms with van der Waals surface area (Å²) in [5.74, 6) is 0.160. The number of halogens is 2. The SMILES string of the molecule is N#CCC1=NN=C(c2ccc(Br)cc2)C(CC(=O)c2ccc(Br)cc2)O1. The number of rotatable bonds is 5. The molecule has 1 aliphatic rings. The van der Waals surface area contributed by atoms with Crippen LogP contribution < -0.4 is 0 Å². The molecule has 2 aromatic carbocycles. The minimum Gasteiger partial charge on any atom is -0.468 e. The van der Waals surface area contributed by atoms with Gasteiger partial charge in [0.1, 0.15) is 12.1 Å². The van der Waals surface area contributed by atoms with Crippen LogP contribution in [0.2, 0.25) is 0 Å². The van der Waals surface area contributed by atoms with E-state index < -0.39 is 6.10 Å². The van der Waals surface area contributed by atoms with Crippen LogP contribution in [0.1, 0.15) is 28.8 Å². The Labute approximate surface area is 167 Å². The van der Waals surface area contributed by atoms with Crippen molar-refractivity contribution in [3.8, 4) is 6.07 Å². The lowest BCUT2D eigenvalue weighted by Gasteiger charge is -2.23. The maximum Gasteiger partial charge on any atom is 0.223 e. The Morgan fingerprint density at radius 1 is 1.04 bits per heavy atom. The first-order chi connectivity index (χ1) is 12.6. The Hall–Kier alpha value is -2.30. The molecule has 0 radical (unpaired) electrons. The predicted octanol–water partition coefficient (Wildman–Crippen LogP) is 4.90. The summed E-state index contributed by atoms with van der Waals surface area (Å²) in [6.07, 6.45) is -0.464. The monoisotopic (exact) mass is 473 g/mol. The van der Waals surface area contributed by atoms with Crippen molar-refractivity contribution in [1.29, 1.82) is 5.26 Å². The fourth-order valence-corrected chi connectivity index (χ4v) is 3.02. The van der Waals surface area contributed by atoms with Gasteiger partial charge in [0.15, 0.2) is 11.9 Å². The Morgan fingerprint density at radius 3 is 2.27 bits per heavy atom. The number of carbonyl (C=O) groups excluding carboxylic acids is 1. The molecule has 2 aromatic rings. The number of ketones is 1. The third-order valence-electron chi connectivity index (χ3n) is 3.76. The molecule has 3 rings (SSSR count). The van der Waals surface area contributed by atoms with Crippen LogP contribution in [0.15, 0.2) is 67.7 Å². The highest BCUT2D eigenvalue weighted by atomic mass is 79.9. The fraction of sp³-hybridized carbons (Fsp3) is 0.158. The van der Waals surface area contributed by atoms with E-state index in [1.54, 1.807) is 12.1 Å². The second-order valence-electron chi connectivity index (χ2n) is 5.56. The molecule has 0 saturated heterocycles. The van der Waals surface area contributed by atoms with Crippen LogP contribution in [-0.4, -0.2) is 23.5 Å². The third-order valence-corrected chi connectivity index (χ3v) is 4.82. The third kappa shape index (κ3) is 4.45. The van der Waals surface area contributed by atoms with E-state index in [4.69, 9.17) is 10.00 Å². The largest absolute Gasteiger partial charge is 0.468 e. The van der Waals surface area contributed by atoms with E-state index in [9.17, 15) is 4.79 Å². The summed E-state index contributed by atoms with van der Waals surface area (Å²) in [7, 11) is 0. The van der Waals surface area contributed by atoms with Crippen molar-refractivity contribution in [3.63, 3.8) is 0 Å². The standard InChI is InChI=1S/C19H13Br2N3O2/c20-14-5-1-12(2-6-14)16(25)11-17-19(13-3-7-15(21)8-4-13)24-23-18(26-17)9-10-22/h1-8,17H,9,11H2. The number of benzene rings is 2. The van der Waals surface area contributed by atoms with Gasteiger partial charge in [-0.15, -0.1) is 10.2 Å². The van der Waals surface area contributed by atoms with Gasteiger partial charge < -0.3 is 4.74 Å². The summed E-state index contributed by atoms with van der Waals surface area (Å²) < 4.78 is 7.64. The first kappa shape index (κ1) is 18.5. The van der Waals surface area contributed by atoms with Crippen molar-refractivity contribution in [2.24, 2.45) is 10.2 Å². The van der Waals surface area contributed by atoms with Gasteiger partial charge in [0, 0.05) is 20.1 Å². The van der Waals surface area contributed by atoms with Crippen LogP contribution in [0.25, 0.3) is 0 Å². The quantitative estimate of drug-likeness (QED) is 0.578. The topological polar surface area (TPSA) is 74.8 Å². The predicted molar refractivity (Wildman–Crippen MR) is 106 cm³/mol. The molecule has 26 heavy (non-hydrogen) atoms. The molecule has 0 amide bonds. The van der Waals surface area contributed by atoms with Crippen molar-refractivity contribution in [2.45, 2.75) is 18.9 Å². The molecule has 1 atom stereocenters. The second-order valence-corrected chi connectivity index (χ2v) is 7.39. The average Bonchev–Trinajstić information content (AvgIpc) is 2.64. The number of Topliss-reactive ketones (excluding diaryl/α,β-unsaturated/α-hetero) is 1. The minimum absolute atomic E-state index is 0.0140. The highest BCUT2D eigenvalue weighted by Crippen LogP contribution is 2.21. The molecule has 1 aliphatic heterocycles. The zero-order valence-electron chi connectivity index (χ0n) is 13.5. The van der Waals surface area contributed by atoms with Crippen LogP contribution in [0.5, 0.6) is 0 Å². The van der Waals surface area contributed by atoms with Crippen molar-refractivity contribution >= 4 is 49.3 Å². The summed E-state index contributed by atoms with van der Waals surface area (Å²) in [6.45, 7) is 0. The molecule has 0 bridgehead atoms. The van der Waals surface area contributed by atoms with Crippen LogP contribution in [-0.2, 0) is 4.74 Å². The summed E-state index contributed by atoms with van der Waals surface area (Å²) in [4.78, 5) is 12.7. The van der Waals surface area contributed by atoms with E-state index in [1.807, 2.05) is 42.5 Å². The van der Waals surface area contributed by atoms with E-state index in [0.717, 1.165) is 14.5 Å². The molecule has 0 aromatic heterocycles. The van der Waals surface area contributed by atoms with E-state index in [2.05, 4.69) is 42.1 Å². The molecule has 0 spiro atoms. The van der Waals surface area contributed by atoms with E-state index in [-0.39, 0.29) is 24.5 Å². The Balaban J connectivity index is 1.86. The average molecular weight is 475 g/mol. The number of nitrogens with zero attached hydrogens (tertiary/aromatic N) is 3. The van der Waals surface area contributed by atoms with Gasteiger partial charge in [-0.25, -0.2) is 0 Å². The maximum absolute atomic E-state index is 12.7. The molecule has 1 unspecified atom stereocenters. The van der Waals surface area contributed by atoms with E-state index in [1.165, 1.54) is 0 Å². The second kappa shape index (κ2) is 8.39. The molecular weight excluding hydrogens is 462 g/mol. The number of ether oxygens (including phenoxy) is 1. The molecule has 1 heterocycles. The molecule has 7 heteroatoms. The number of carbonyl (C=O) groups is 1. The van der Waals surface area contributed by atoms with Crippen molar-refractivity contribution in [2.75, 3.05) is 0 Å². The Bertz CT molecular complexity index is 913. The first-order valence-corrected chi connectivity index (χ1v) is 9.38. The molecule has 5 nitrogen and oxygen atoms in total. The van der Waals surface area contributed by atoms with Crippen molar-refractivity contribution < 1.29 is 9.53 Å². The number of hydrogen-bond donors (Lipinski definition) is 0. The minimum atomic E-state index is -0.590. The molecular formula is C19H13Br2N3O2. The molecule has 0 fully saturated rings. The number of nitriles is 1. The normalized spacial score (nSPS) is 16.1. The van der Waals surface area contributed by atoms with E-state index in [0.29, 0.717) is 11.3 Å². The summed E-state index contributed by atoms with van der Waals surface area (Å²) >= 11 is 6.76. The molecule has 0 aliphatic carbocycles. The lowest BCUT2D eigenvalue weighted by atomic mass is 9.98. The highest BCUT2D eigenvalue weighted by molar-refractivity contribution is 9.10. The van der Waals surface area contributed by atoms with Gasteiger partial charge in [-0.2, -0.15) is 5.26 Å². The smallest absolute Gasteiger partial charge is 0.223 e. The Morgan fingerprint density at radius 2 is 1.65 bits per heavy atom.